The third-order valence-corrected chi connectivity index (χ3v) is 4.58. The minimum absolute atomic E-state index is 0.0307. The number of hydrogen-bond acceptors (Lipinski definition) is 4. The molecule has 2 heterocycles. The normalized spacial score (nSPS) is 21.4. The lowest BCUT2D eigenvalue weighted by molar-refractivity contribution is 0.0677. The molecule has 19 heavy (non-hydrogen) atoms. The molecule has 1 saturated heterocycles. The Morgan fingerprint density at radius 3 is 3.16 bits per heavy atom. The van der Waals surface area contributed by atoms with Crippen LogP contribution in [0, 0.1) is 5.92 Å². The fourth-order valence-corrected chi connectivity index (χ4v) is 3.36. The number of amides is 1. The number of hydrogen-bond donors (Lipinski definition) is 1. The van der Waals surface area contributed by atoms with Gasteiger partial charge in [0.15, 0.2) is 0 Å². The van der Waals surface area contributed by atoms with Gasteiger partial charge in [0.2, 0.25) is 0 Å². The molecule has 1 aliphatic heterocycles. The first-order valence-corrected chi connectivity index (χ1v) is 8.00. The van der Waals surface area contributed by atoms with E-state index in [1.54, 1.807) is 0 Å². The van der Waals surface area contributed by atoms with Crippen molar-refractivity contribution in [2.24, 2.45) is 11.7 Å². The molecule has 0 aliphatic carbocycles. The molecule has 0 bridgehead atoms. The lowest BCUT2D eigenvalue weighted by Gasteiger charge is -2.30. The lowest BCUT2D eigenvalue weighted by Crippen LogP contribution is -2.39. The molecule has 2 unspecified atom stereocenters. The first kappa shape index (κ1) is 14.5. The number of rotatable bonds is 4. The predicted molar refractivity (Wildman–Crippen MR) is 78.3 cm³/mol. The molecule has 2 rings (SSSR count). The fraction of sp³-hybridized carbons (Fsp3) is 0.714. The first-order valence-electron chi connectivity index (χ1n) is 7.12. The third kappa shape index (κ3) is 3.54. The highest BCUT2D eigenvalue weighted by Gasteiger charge is 2.24. The lowest BCUT2D eigenvalue weighted by atomic mass is 10.0. The average molecular weight is 281 g/mol. The van der Waals surface area contributed by atoms with Gasteiger partial charge in [0, 0.05) is 18.5 Å². The van der Waals surface area contributed by atoms with Gasteiger partial charge in [-0.15, -0.1) is 11.3 Å². The van der Waals surface area contributed by atoms with Gasteiger partial charge in [0.25, 0.3) is 5.91 Å². The highest BCUT2D eigenvalue weighted by atomic mass is 32.1. The highest BCUT2D eigenvalue weighted by Crippen LogP contribution is 2.22. The van der Waals surface area contributed by atoms with E-state index in [1.807, 2.05) is 10.3 Å². The molecule has 0 radical (unpaired) electrons. The van der Waals surface area contributed by atoms with Crippen LogP contribution in [0.5, 0.6) is 0 Å². The van der Waals surface area contributed by atoms with Crippen molar-refractivity contribution in [1.82, 2.24) is 9.88 Å². The summed E-state index contributed by atoms with van der Waals surface area (Å²) >= 11 is 1.51. The molecule has 2 N–H and O–H groups in total. The van der Waals surface area contributed by atoms with Crippen LogP contribution >= 0.6 is 11.3 Å². The average Bonchev–Trinajstić information content (AvgIpc) is 2.88. The summed E-state index contributed by atoms with van der Waals surface area (Å²) in [5.74, 6) is 0.663. The van der Waals surface area contributed by atoms with E-state index in [1.165, 1.54) is 17.8 Å². The standard InChI is InChI=1S/C14H23N3OS/c1-3-5-11(15)13-16-12(9-19-13)14(18)17-7-4-6-10(2)8-17/h9-11H,3-8,15H2,1-2H3. The van der Waals surface area contributed by atoms with Crippen LogP contribution in [0.25, 0.3) is 0 Å². The van der Waals surface area contributed by atoms with Gasteiger partial charge in [0.05, 0.1) is 6.04 Å². The van der Waals surface area contributed by atoms with Crippen molar-refractivity contribution >= 4 is 17.2 Å². The molecule has 1 fully saturated rings. The van der Waals surface area contributed by atoms with Crippen LogP contribution in [0.2, 0.25) is 0 Å². The van der Waals surface area contributed by atoms with E-state index in [0.717, 1.165) is 37.4 Å². The van der Waals surface area contributed by atoms with E-state index in [9.17, 15) is 4.79 Å². The first-order chi connectivity index (χ1) is 9.11. The Morgan fingerprint density at radius 2 is 2.47 bits per heavy atom. The van der Waals surface area contributed by atoms with Gasteiger partial charge in [-0.3, -0.25) is 4.79 Å². The smallest absolute Gasteiger partial charge is 0.273 e. The Morgan fingerprint density at radius 1 is 1.68 bits per heavy atom. The topological polar surface area (TPSA) is 59.2 Å². The minimum Gasteiger partial charge on any atom is -0.337 e. The summed E-state index contributed by atoms with van der Waals surface area (Å²) in [4.78, 5) is 18.7. The molecule has 1 aromatic heterocycles. The van der Waals surface area contributed by atoms with Crippen LogP contribution in [-0.4, -0.2) is 28.9 Å². The number of likely N-dealkylation sites (tertiary alicyclic amines) is 1. The van der Waals surface area contributed by atoms with Crippen LogP contribution in [-0.2, 0) is 0 Å². The molecule has 5 heteroatoms. The Labute approximate surface area is 119 Å². The van der Waals surface area contributed by atoms with Gasteiger partial charge in [-0.2, -0.15) is 0 Å². The molecule has 106 valence electrons. The van der Waals surface area contributed by atoms with Crippen molar-refractivity contribution < 1.29 is 4.79 Å². The maximum Gasteiger partial charge on any atom is 0.273 e. The maximum absolute atomic E-state index is 12.4. The van der Waals surface area contributed by atoms with Crippen molar-refractivity contribution in [2.45, 2.75) is 45.6 Å². The Kier molecular flexibility index (Phi) is 4.93. The molecular weight excluding hydrogens is 258 g/mol. The Bertz CT molecular complexity index is 432. The largest absolute Gasteiger partial charge is 0.337 e. The summed E-state index contributed by atoms with van der Waals surface area (Å²) in [5, 5.41) is 2.74. The van der Waals surface area contributed by atoms with E-state index in [-0.39, 0.29) is 11.9 Å². The zero-order chi connectivity index (χ0) is 13.8. The van der Waals surface area contributed by atoms with Gasteiger partial charge in [-0.05, 0) is 25.2 Å². The maximum atomic E-state index is 12.4. The van der Waals surface area contributed by atoms with Crippen molar-refractivity contribution in [2.75, 3.05) is 13.1 Å². The highest BCUT2D eigenvalue weighted by molar-refractivity contribution is 7.09. The second-order valence-electron chi connectivity index (χ2n) is 5.46. The van der Waals surface area contributed by atoms with E-state index in [4.69, 9.17) is 5.73 Å². The van der Waals surface area contributed by atoms with Crippen LogP contribution in [0.3, 0.4) is 0 Å². The number of piperidine rings is 1. The third-order valence-electron chi connectivity index (χ3n) is 3.60. The van der Waals surface area contributed by atoms with E-state index in [2.05, 4.69) is 18.8 Å². The van der Waals surface area contributed by atoms with Crippen molar-refractivity contribution in [3.8, 4) is 0 Å². The van der Waals surface area contributed by atoms with Crippen LogP contribution in [0.4, 0.5) is 0 Å². The summed E-state index contributed by atoms with van der Waals surface area (Å²) in [6, 6.07) is -0.0307. The van der Waals surface area contributed by atoms with E-state index < -0.39 is 0 Å². The van der Waals surface area contributed by atoms with Gasteiger partial charge in [-0.25, -0.2) is 4.98 Å². The zero-order valence-corrected chi connectivity index (χ0v) is 12.6. The molecule has 0 aromatic carbocycles. The summed E-state index contributed by atoms with van der Waals surface area (Å²) in [6.07, 6.45) is 4.27. The number of nitrogens with zero attached hydrogens (tertiary/aromatic N) is 2. The number of carbonyl (C=O) groups excluding carboxylic acids is 1. The number of thiazole rings is 1. The monoisotopic (exact) mass is 281 g/mol. The van der Waals surface area contributed by atoms with E-state index in [0.29, 0.717) is 11.6 Å². The second kappa shape index (κ2) is 6.48. The zero-order valence-electron chi connectivity index (χ0n) is 11.8. The van der Waals surface area contributed by atoms with E-state index >= 15 is 0 Å². The molecule has 0 spiro atoms. The van der Waals surface area contributed by atoms with Crippen molar-refractivity contribution in [3.05, 3.63) is 16.1 Å². The molecule has 0 saturated carbocycles. The van der Waals surface area contributed by atoms with Gasteiger partial charge >= 0.3 is 0 Å². The van der Waals surface area contributed by atoms with Crippen LogP contribution < -0.4 is 5.73 Å². The quantitative estimate of drug-likeness (QED) is 0.923. The Balaban J connectivity index is 2.03. The molecule has 1 aliphatic rings. The predicted octanol–water partition coefficient (Wildman–Crippen LogP) is 2.82. The summed E-state index contributed by atoms with van der Waals surface area (Å²) in [7, 11) is 0. The Hall–Kier alpha value is -0.940. The number of carbonyl (C=O) groups is 1. The van der Waals surface area contributed by atoms with Crippen molar-refractivity contribution in [3.63, 3.8) is 0 Å². The molecule has 1 aromatic rings. The molecular formula is C14H23N3OS. The number of nitrogens with two attached hydrogens (primary N) is 1. The van der Waals surface area contributed by atoms with Crippen LogP contribution in [0.15, 0.2) is 5.38 Å². The van der Waals surface area contributed by atoms with Gasteiger partial charge in [-0.1, -0.05) is 20.3 Å². The molecule has 4 nitrogen and oxygen atoms in total. The minimum atomic E-state index is -0.0307. The fourth-order valence-electron chi connectivity index (χ4n) is 2.53. The molecule has 2 atom stereocenters. The van der Waals surface area contributed by atoms with Crippen molar-refractivity contribution in [1.29, 1.82) is 0 Å². The van der Waals surface area contributed by atoms with Gasteiger partial charge in [0.1, 0.15) is 10.7 Å². The summed E-state index contributed by atoms with van der Waals surface area (Å²) < 4.78 is 0. The number of aromatic nitrogens is 1. The summed E-state index contributed by atoms with van der Waals surface area (Å²) in [6.45, 7) is 6.02. The van der Waals surface area contributed by atoms with Gasteiger partial charge < -0.3 is 10.6 Å². The second-order valence-corrected chi connectivity index (χ2v) is 6.35. The summed E-state index contributed by atoms with van der Waals surface area (Å²) in [5.41, 5.74) is 6.61. The molecule has 1 amide bonds. The van der Waals surface area contributed by atoms with Crippen LogP contribution in [0.1, 0.15) is 61.1 Å². The SMILES string of the molecule is CCCC(N)c1nc(C(=O)N2CCCC(C)C2)cs1.